The van der Waals surface area contributed by atoms with Gasteiger partial charge in [0.05, 0.1) is 11.9 Å². The Hall–Kier alpha value is -0.860. The standard InChI is InChI=1S/C13H24N4O2S2/c1-4-6-15-12-16-17-13(21-12)20-9-11(18)14-7-5-8-19-10(2)3/h10H,4-9H2,1-3H3,(H,14,18)(H,15,16). The van der Waals surface area contributed by atoms with Crippen molar-refractivity contribution < 1.29 is 9.53 Å². The number of carbonyl (C=O) groups is 1. The number of carbonyl (C=O) groups excluding carboxylic acids is 1. The van der Waals surface area contributed by atoms with Crippen LogP contribution in [0.5, 0.6) is 0 Å². The van der Waals surface area contributed by atoms with Gasteiger partial charge in [-0.15, -0.1) is 10.2 Å². The van der Waals surface area contributed by atoms with Crippen molar-refractivity contribution in [1.29, 1.82) is 0 Å². The van der Waals surface area contributed by atoms with Crippen molar-refractivity contribution in [3.05, 3.63) is 0 Å². The molecule has 1 heterocycles. The molecule has 0 aliphatic rings. The highest BCUT2D eigenvalue weighted by atomic mass is 32.2. The van der Waals surface area contributed by atoms with Crippen molar-refractivity contribution in [1.82, 2.24) is 15.5 Å². The third-order valence-corrected chi connectivity index (χ3v) is 4.37. The van der Waals surface area contributed by atoms with Crippen LogP contribution in [-0.2, 0) is 9.53 Å². The largest absolute Gasteiger partial charge is 0.379 e. The van der Waals surface area contributed by atoms with Gasteiger partial charge in [0.25, 0.3) is 0 Å². The zero-order valence-corrected chi connectivity index (χ0v) is 14.5. The summed E-state index contributed by atoms with van der Waals surface area (Å²) in [4.78, 5) is 11.7. The van der Waals surface area contributed by atoms with Gasteiger partial charge in [0.15, 0.2) is 4.34 Å². The van der Waals surface area contributed by atoms with Gasteiger partial charge in [-0.3, -0.25) is 4.79 Å². The first-order valence-corrected chi connectivity index (χ1v) is 9.00. The second kappa shape index (κ2) is 10.8. The van der Waals surface area contributed by atoms with Crippen molar-refractivity contribution in [3.8, 4) is 0 Å². The zero-order chi connectivity index (χ0) is 15.5. The Morgan fingerprint density at radius 1 is 1.38 bits per heavy atom. The minimum Gasteiger partial charge on any atom is -0.379 e. The van der Waals surface area contributed by atoms with E-state index in [4.69, 9.17) is 4.74 Å². The van der Waals surface area contributed by atoms with E-state index in [-0.39, 0.29) is 12.0 Å². The lowest BCUT2D eigenvalue weighted by Gasteiger charge is -2.07. The monoisotopic (exact) mass is 332 g/mol. The summed E-state index contributed by atoms with van der Waals surface area (Å²) in [6.45, 7) is 8.31. The Kier molecular flexibility index (Phi) is 9.36. The van der Waals surface area contributed by atoms with E-state index >= 15 is 0 Å². The number of thioether (sulfide) groups is 1. The number of ether oxygens (including phenoxy) is 1. The Morgan fingerprint density at radius 2 is 2.19 bits per heavy atom. The average molecular weight is 332 g/mol. The molecule has 0 spiro atoms. The molecule has 0 atom stereocenters. The third-order valence-electron chi connectivity index (χ3n) is 2.35. The molecule has 8 heteroatoms. The van der Waals surface area contributed by atoms with E-state index in [1.807, 2.05) is 13.8 Å². The summed E-state index contributed by atoms with van der Waals surface area (Å²) in [6, 6.07) is 0. The van der Waals surface area contributed by atoms with Crippen LogP contribution < -0.4 is 10.6 Å². The van der Waals surface area contributed by atoms with Gasteiger partial charge in [0, 0.05) is 19.7 Å². The quantitative estimate of drug-likeness (QED) is 0.479. The number of nitrogens with one attached hydrogen (secondary N) is 2. The van der Waals surface area contributed by atoms with Gasteiger partial charge >= 0.3 is 0 Å². The molecular weight excluding hydrogens is 308 g/mol. The van der Waals surface area contributed by atoms with E-state index in [1.165, 1.54) is 23.1 Å². The first-order chi connectivity index (χ1) is 10.1. The topological polar surface area (TPSA) is 76.1 Å². The molecule has 6 nitrogen and oxygen atoms in total. The lowest BCUT2D eigenvalue weighted by molar-refractivity contribution is -0.118. The zero-order valence-electron chi connectivity index (χ0n) is 12.8. The summed E-state index contributed by atoms with van der Waals surface area (Å²) in [7, 11) is 0. The molecule has 0 aliphatic carbocycles. The average Bonchev–Trinajstić information content (AvgIpc) is 2.90. The smallest absolute Gasteiger partial charge is 0.230 e. The molecular formula is C13H24N4O2S2. The van der Waals surface area contributed by atoms with Crippen molar-refractivity contribution in [2.24, 2.45) is 0 Å². The van der Waals surface area contributed by atoms with Gasteiger partial charge in [-0.05, 0) is 26.7 Å². The molecule has 2 N–H and O–H groups in total. The van der Waals surface area contributed by atoms with Crippen LogP contribution in [0, 0.1) is 0 Å². The number of rotatable bonds is 11. The van der Waals surface area contributed by atoms with Crippen molar-refractivity contribution in [2.75, 3.05) is 30.8 Å². The van der Waals surface area contributed by atoms with Gasteiger partial charge < -0.3 is 15.4 Å². The van der Waals surface area contributed by atoms with Crippen LogP contribution in [-0.4, -0.2) is 47.7 Å². The van der Waals surface area contributed by atoms with E-state index in [1.54, 1.807) is 0 Å². The van der Waals surface area contributed by atoms with Crippen LogP contribution >= 0.6 is 23.1 Å². The summed E-state index contributed by atoms with van der Waals surface area (Å²) < 4.78 is 6.22. The second-order valence-electron chi connectivity index (χ2n) is 4.71. The molecule has 0 radical (unpaired) electrons. The number of anilines is 1. The molecule has 0 aliphatic heterocycles. The number of hydrogen-bond donors (Lipinski definition) is 2. The molecule has 1 rings (SSSR count). The SMILES string of the molecule is CCCNc1nnc(SCC(=O)NCCCOC(C)C)s1. The van der Waals surface area contributed by atoms with Gasteiger partial charge in [-0.1, -0.05) is 30.0 Å². The van der Waals surface area contributed by atoms with Crippen LogP contribution in [0.25, 0.3) is 0 Å². The predicted molar refractivity (Wildman–Crippen MR) is 88.1 cm³/mol. The van der Waals surface area contributed by atoms with E-state index < -0.39 is 0 Å². The summed E-state index contributed by atoms with van der Waals surface area (Å²) >= 11 is 2.89. The Balaban J connectivity index is 2.10. The normalized spacial score (nSPS) is 10.9. The first kappa shape index (κ1) is 18.2. The second-order valence-corrected chi connectivity index (χ2v) is 6.91. The highest BCUT2D eigenvalue weighted by Gasteiger charge is 2.07. The van der Waals surface area contributed by atoms with E-state index in [9.17, 15) is 4.79 Å². The van der Waals surface area contributed by atoms with Crippen LogP contribution in [0.1, 0.15) is 33.6 Å². The molecule has 0 saturated carbocycles. The lowest BCUT2D eigenvalue weighted by atomic mass is 10.4. The lowest BCUT2D eigenvalue weighted by Crippen LogP contribution is -2.27. The maximum Gasteiger partial charge on any atom is 0.230 e. The third kappa shape index (κ3) is 8.90. The van der Waals surface area contributed by atoms with Gasteiger partial charge in [0.2, 0.25) is 11.0 Å². The van der Waals surface area contributed by atoms with Crippen LogP contribution in [0.15, 0.2) is 4.34 Å². The predicted octanol–water partition coefficient (Wildman–Crippen LogP) is 2.38. The van der Waals surface area contributed by atoms with Gasteiger partial charge in [-0.25, -0.2) is 0 Å². The number of amides is 1. The van der Waals surface area contributed by atoms with Crippen LogP contribution in [0.3, 0.4) is 0 Å². The fraction of sp³-hybridized carbons (Fsp3) is 0.769. The number of aromatic nitrogens is 2. The highest BCUT2D eigenvalue weighted by molar-refractivity contribution is 8.01. The summed E-state index contributed by atoms with van der Waals surface area (Å²) in [6.07, 6.45) is 2.12. The van der Waals surface area contributed by atoms with E-state index in [2.05, 4.69) is 27.8 Å². The Bertz CT molecular complexity index is 413. The maximum atomic E-state index is 11.7. The minimum absolute atomic E-state index is 0.0165. The maximum absolute atomic E-state index is 11.7. The number of hydrogen-bond acceptors (Lipinski definition) is 7. The summed E-state index contributed by atoms with van der Waals surface area (Å²) in [5, 5.41) is 14.9. The van der Waals surface area contributed by atoms with Crippen molar-refractivity contribution in [3.63, 3.8) is 0 Å². The van der Waals surface area contributed by atoms with Crippen LogP contribution in [0.4, 0.5) is 5.13 Å². The molecule has 0 saturated heterocycles. The fourth-order valence-electron chi connectivity index (χ4n) is 1.37. The molecule has 21 heavy (non-hydrogen) atoms. The fourth-order valence-corrected chi connectivity index (χ4v) is 2.98. The Morgan fingerprint density at radius 3 is 2.90 bits per heavy atom. The van der Waals surface area contributed by atoms with E-state index in [0.29, 0.717) is 18.9 Å². The van der Waals surface area contributed by atoms with Crippen molar-refractivity contribution >= 4 is 34.1 Å². The van der Waals surface area contributed by atoms with Crippen LogP contribution in [0.2, 0.25) is 0 Å². The molecule has 120 valence electrons. The summed E-state index contributed by atoms with van der Waals surface area (Å²) in [5.41, 5.74) is 0. The summed E-state index contributed by atoms with van der Waals surface area (Å²) in [5.74, 6) is 0.385. The van der Waals surface area contributed by atoms with Crippen molar-refractivity contribution in [2.45, 2.75) is 44.1 Å². The molecule has 0 bridgehead atoms. The molecule has 1 amide bonds. The molecule has 1 aromatic heterocycles. The first-order valence-electron chi connectivity index (χ1n) is 7.20. The van der Waals surface area contributed by atoms with Gasteiger partial charge in [0.1, 0.15) is 0 Å². The minimum atomic E-state index is 0.0165. The van der Waals surface area contributed by atoms with E-state index in [0.717, 1.165) is 28.9 Å². The molecule has 1 aromatic rings. The molecule has 0 unspecified atom stereocenters. The Labute approximate surface area is 134 Å². The van der Waals surface area contributed by atoms with Gasteiger partial charge in [-0.2, -0.15) is 0 Å². The molecule has 0 aromatic carbocycles. The number of nitrogens with zero attached hydrogens (tertiary/aromatic N) is 2. The highest BCUT2D eigenvalue weighted by Crippen LogP contribution is 2.25. The molecule has 0 fully saturated rings.